The molecule has 1 aliphatic rings. The molecule has 0 fully saturated rings. The maximum Gasteiger partial charge on any atom is 0.0543 e. The summed E-state index contributed by atoms with van der Waals surface area (Å²) in [7, 11) is 0. The van der Waals surface area contributed by atoms with Gasteiger partial charge < -0.3 is 9.47 Å². The van der Waals surface area contributed by atoms with E-state index in [0.29, 0.717) is 0 Å². The maximum atomic E-state index is 2.49. The third-order valence-electron chi connectivity index (χ3n) is 13.1. The lowest BCUT2D eigenvalue weighted by molar-refractivity contribution is 0.660. The van der Waals surface area contributed by atoms with Gasteiger partial charge in [0.15, 0.2) is 0 Å². The normalized spacial score (nSPS) is 12.9. The second-order valence-corrected chi connectivity index (χ2v) is 16.9. The van der Waals surface area contributed by atoms with E-state index in [1.54, 1.807) is 0 Å². The zero-order valence-electron chi connectivity index (χ0n) is 34.2. The van der Waals surface area contributed by atoms with Gasteiger partial charge in [-0.15, -0.1) is 0 Å². The van der Waals surface area contributed by atoms with Gasteiger partial charge in [0.05, 0.1) is 22.4 Å². The molecule has 288 valence electrons. The van der Waals surface area contributed by atoms with E-state index >= 15 is 0 Å². The number of rotatable bonds is 6. The van der Waals surface area contributed by atoms with Crippen LogP contribution in [0.5, 0.6) is 0 Å². The Balaban J connectivity index is 1.07. The van der Waals surface area contributed by atoms with Crippen molar-refractivity contribution in [3.63, 3.8) is 0 Å². The summed E-state index contributed by atoms with van der Waals surface area (Å²) in [5, 5.41) is 7.46. The first-order valence-corrected chi connectivity index (χ1v) is 21.3. The molecule has 0 aliphatic heterocycles. The fourth-order valence-corrected chi connectivity index (χ4v) is 10.2. The summed E-state index contributed by atoms with van der Waals surface area (Å²) in [5.41, 5.74) is 17.0. The summed E-state index contributed by atoms with van der Waals surface area (Å²) in [6, 6.07) is 80.3. The van der Waals surface area contributed by atoms with Crippen molar-refractivity contribution in [3.8, 4) is 39.1 Å². The van der Waals surface area contributed by atoms with E-state index in [2.05, 4.69) is 242 Å². The van der Waals surface area contributed by atoms with Crippen LogP contribution >= 0.6 is 0 Å². The smallest absolute Gasteiger partial charge is 0.0543 e. The number of benzene rings is 10. The zero-order valence-corrected chi connectivity index (χ0v) is 34.2. The van der Waals surface area contributed by atoms with Gasteiger partial charge >= 0.3 is 0 Å². The van der Waals surface area contributed by atoms with E-state index in [4.69, 9.17) is 0 Å². The number of hydrogen-bond donors (Lipinski definition) is 0. The Morgan fingerprint density at radius 3 is 1.59 bits per heavy atom. The summed E-state index contributed by atoms with van der Waals surface area (Å²) >= 11 is 0. The van der Waals surface area contributed by atoms with Crippen LogP contribution in [0.1, 0.15) is 25.0 Å². The standard InChI is InChI=1S/C59H42N2/c1-59(2)52-37-45(61-55-33-29-42(39-17-6-3-7-18-39)35-50(55)51-36-43(30-34-56(51)61)40-19-8-4-9-20-40)31-32-49(52)58-48-27-15-14-26-47(48)57(38-53(58)59)60(44-23-10-5-11-24-44)54-28-16-22-41-21-12-13-25-46(41)54/h3-38H,1-2H3. The summed E-state index contributed by atoms with van der Waals surface area (Å²) in [6.45, 7) is 4.82. The van der Waals surface area contributed by atoms with Crippen LogP contribution < -0.4 is 4.90 Å². The van der Waals surface area contributed by atoms with Gasteiger partial charge in [-0.05, 0) is 116 Å². The average molecular weight is 779 g/mol. The number of para-hydroxylation sites is 1. The summed E-state index contributed by atoms with van der Waals surface area (Å²) in [4.78, 5) is 2.47. The molecule has 0 amide bonds. The average Bonchev–Trinajstić information content (AvgIpc) is 3.77. The van der Waals surface area contributed by atoms with Gasteiger partial charge in [0, 0.05) is 38.3 Å². The number of aromatic nitrogens is 1. The predicted octanol–water partition coefficient (Wildman–Crippen LogP) is 16.2. The van der Waals surface area contributed by atoms with Crippen LogP contribution in [-0.2, 0) is 5.41 Å². The van der Waals surface area contributed by atoms with Crippen LogP contribution in [0.2, 0.25) is 0 Å². The highest BCUT2D eigenvalue weighted by Crippen LogP contribution is 2.55. The van der Waals surface area contributed by atoms with Crippen LogP contribution in [0.3, 0.4) is 0 Å². The molecule has 0 saturated heterocycles. The number of nitrogens with zero attached hydrogens (tertiary/aromatic N) is 2. The Hall–Kier alpha value is -7.68. The molecule has 0 radical (unpaired) electrons. The van der Waals surface area contributed by atoms with Crippen molar-refractivity contribution in [1.29, 1.82) is 0 Å². The molecule has 0 spiro atoms. The van der Waals surface area contributed by atoms with Crippen LogP contribution in [0.4, 0.5) is 17.1 Å². The van der Waals surface area contributed by atoms with Crippen LogP contribution in [0.25, 0.3) is 82.4 Å². The van der Waals surface area contributed by atoms with Crippen LogP contribution in [-0.4, -0.2) is 4.57 Å². The summed E-state index contributed by atoms with van der Waals surface area (Å²) in [6.07, 6.45) is 0. The van der Waals surface area contributed by atoms with Gasteiger partial charge in [0.25, 0.3) is 0 Å². The van der Waals surface area contributed by atoms with E-state index in [0.717, 1.165) is 5.69 Å². The quantitative estimate of drug-likeness (QED) is 0.163. The van der Waals surface area contributed by atoms with Gasteiger partial charge in [-0.3, -0.25) is 0 Å². The third-order valence-corrected chi connectivity index (χ3v) is 13.1. The predicted molar refractivity (Wildman–Crippen MR) is 259 cm³/mol. The SMILES string of the molecule is CC1(C)c2cc(-n3c4ccc(-c5ccccc5)cc4c4cc(-c5ccccc5)ccc43)ccc2-c2c1cc(N(c1ccccc1)c1cccc3ccccc13)c1ccccc21. The first kappa shape index (κ1) is 35.3. The molecule has 1 aliphatic carbocycles. The molecule has 11 aromatic rings. The highest BCUT2D eigenvalue weighted by Gasteiger charge is 2.38. The second-order valence-electron chi connectivity index (χ2n) is 16.9. The van der Waals surface area contributed by atoms with Crippen molar-refractivity contribution in [3.05, 3.63) is 230 Å². The van der Waals surface area contributed by atoms with Gasteiger partial charge in [-0.2, -0.15) is 0 Å². The number of anilines is 3. The van der Waals surface area contributed by atoms with Gasteiger partial charge in [0.2, 0.25) is 0 Å². The molecule has 0 unspecified atom stereocenters. The van der Waals surface area contributed by atoms with E-state index < -0.39 is 0 Å². The van der Waals surface area contributed by atoms with Crippen molar-refractivity contribution < 1.29 is 0 Å². The lowest BCUT2D eigenvalue weighted by Crippen LogP contribution is -2.17. The van der Waals surface area contributed by atoms with Crippen LogP contribution in [0, 0.1) is 0 Å². The highest BCUT2D eigenvalue weighted by atomic mass is 15.1. The Bertz CT molecular complexity index is 3390. The van der Waals surface area contributed by atoms with E-state index in [1.165, 1.54) is 105 Å². The first-order valence-electron chi connectivity index (χ1n) is 21.3. The Kier molecular flexibility index (Phi) is 7.92. The minimum atomic E-state index is -0.277. The molecule has 12 rings (SSSR count). The third kappa shape index (κ3) is 5.49. The zero-order chi connectivity index (χ0) is 40.7. The monoisotopic (exact) mass is 778 g/mol. The molecular weight excluding hydrogens is 737 g/mol. The minimum Gasteiger partial charge on any atom is -0.309 e. The summed E-state index contributed by atoms with van der Waals surface area (Å²) < 4.78 is 2.48. The molecule has 61 heavy (non-hydrogen) atoms. The maximum absolute atomic E-state index is 2.49. The second kappa shape index (κ2) is 13.7. The molecule has 1 aromatic heterocycles. The van der Waals surface area contributed by atoms with Gasteiger partial charge in [0.1, 0.15) is 0 Å². The largest absolute Gasteiger partial charge is 0.309 e. The fraction of sp³-hybridized carbons (Fsp3) is 0.0508. The van der Waals surface area contributed by atoms with E-state index in [-0.39, 0.29) is 5.41 Å². The van der Waals surface area contributed by atoms with Crippen molar-refractivity contribution in [2.24, 2.45) is 0 Å². The Morgan fingerprint density at radius 1 is 0.377 bits per heavy atom. The molecule has 10 aromatic carbocycles. The highest BCUT2D eigenvalue weighted by molar-refractivity contribution is 6.13. The van der Waals surface area contributed by atoms with Gasteiger partial charge in [-0.25, -0.2) is 0 Å². The molecule has 2 heteroatoms. The van der Waals surface area contributed by atoms with Gasteiger partial charge in [-0.1, -0.05) is 172 Å². The Morgan fingerprint density at radius 2 is 0.934 bits per heavy atom. The number of hydrogen-bond acceptors (Lipinski definition) is 1. The topological polar surface area (TPSA) is 8.17 Å². The molecular formula is C59H42N2. The van der Waals surface area contributed by atoms with E-state index in [1.807, 2.05) is 0 Å². The lowest BCUT2D eigenvalue weighted by Gasteiger charge is -2.30. The molecule has 1 heterocycles. The van der Waals surface area contributed by atoms with Crippen LogP contribution in [0.15, 0.2) is 218 Å². The minimum absolute atomic E-state index is 0.277. The number of fused-ring (bicyclic) bond motifs is 9. The molecule has 0 saturated carbocycles. The molecule has 2 nitrogen and oxygen atoms in total. The van der Waals surface area contributed by atoms with E-state index in [9.17, 15) is 0 Å². The molecule has 0 N–H and O–H groups in total. The molecule has 0 bridgehead atoms. The van der Waals surface area contributed by atoms with Crippen molar-refractivity contribution in [1.82, 2.24) is 4.57 Å². The van der Waals surface area contributed by atoms with Crippen molar-refractivity contribution in [2.45, 2.75) is 19.3 Å². The Labute approximate surface area is 356 Å². The lowest BCUT2D eigenvalue weighted by atomic mass is 9.81. The van der Waals surface area contributed by atoms with Crippen molar-refractivity contribution in [2.75, 3.05) is 4.90 Å². The summed E-state index contributed by atoms with van der Waals surface area (Å²) in [5.74, 6) is 0. The molecule has 0 atom stereocenters. The fourth-order valence-electron chi connectivity index (χ4n) is 10.2. The first-order chi connectivity index (χ1) is 30.0. The van der Waals surface area contributed by atoms with Crippen molar-refractivity contribution >= 4 is 60.4 Å².